The van der Waals surface area contributed by atoms with Gasteiger partial charge in [-0.2, -0.15) is 5.10 Å². The minimum atomic E-state index is 0.684. The molecule has 78 valence electrons. The van der Waals surface area contributed by atoms with Crippen LogP contribution >= 0.6 is 11.8 Å². The summed E-state index contributed by atoms with van der Waals surface area (Å²) in [6, 6.07) is 0.684. The van der Waals surface area contributed by atoms with E-state index in [0.717, 1.165) is 5.16 Å². The van der Waals surface area contributed by atoms with E-state index >= 15 is 0 Å². The molecule has 2 atom stereocenters. The van der Waals surface area contributed by atoms with Crippen LogP contribution in [0.2, 0.25) is 0 Å². The van der Waals surface area contributed by atoms with Gasteiger partial charge in [0.15, 0.2) is 5.16 Å². The number of hydrogen-bond acceptors (Lipinski definition) is 4. The van der Waals surface area contributed by atoms with Crippen LogP contribution in [0.1, 0.15) is 25.7 Å². The van der Waals surface area contributed by atoms with Gasteiger partial charge in [0.2, 0.25) is 0 Å². The van der Waals surface area contributed by atoms with Gasteiger partial charge in [-0.15, -0.1) is 0 Å². The first kappa shape index (κ1) is 9.98. The maximum absolute atomic E-state index is 4.14. The van der Waals surface area contributed by atoms with Crippen molar-refractivity contribution in [1.29, 1.82) is 0 Å². The summed E-state index contributed by atoms with van der Waals surface area (Å²) in [7, 11) is 2.05. The molecule has 4 nitrogen and oxygen atoms in total. The van der Waals surface area contributed by atoms with E-state index in [2.05, 4.69) is 20.5 Å². The Morgan fingerprint density at radius 2 is 2.50 bits per heavy atom. The van der Waals surface area contributed by atoms with Crippen LogP contribution in [-0.2, 0) is 0 Å². The molecule has 1 heterocycles. The Labute approximate surface area is 88.3 Å². The Morgan fingerprint density at radius 1 is 1.57 bits per heavy atom. The molecular formula is C9H16N4S. The summed E-state index contributed by atoms with van der Waals surface area (Å²) in [6.45, 7) is 0. The highest BCUT2D eigenvalue weighted by Crippen LogP contribution is 2.31. The van der Waals surface area contributed by atoms with Gasteiger partial charge in [0, 0.05) is 11.3 Å². The van der Waals surface area contributed by atoms with Crippen molar-refractivity contribution >= 4 is 11.8 Å². The minimum absolute atomic E-state index is 0.684. The normalized spacial score (nSPS) is 27.8. The summed E-state index contributed by atoms with van der Waals surface area (Å²) in [5, 5.41) is 11.7. The van der Waals surface area contributed by atoms with Crippen LogP contribution in [0.5, 0.6) is 0 Å². The molecule has 0 amide bonds. The lowest BCUT2D eigenvalue weighted by Crippen LogP contribution is -2.32. The maximum Gasteiger partial charge on any atom is 0.183 e. The van der Waals surface area contributed by atoms with Crippen molar-refractivity contribution in [2.24, 2.45) is 0 Å². The predicted molar refractivity (Wildman–Crippen MR) is 57.3 cm³/mol. The fourth-order valence-electron chi connectivity index (χ4n) is 1.92. The fraction of sp³-hybridized carbons (Fsp3) is 0.778. The van der Waals surface area contributed by atoms with Crippen molar-refractivity contribution in [2.75, 3.05) is 7.05 Å². The average molecular weight is 212 g/mol. The van der Waals surface area contributed by atoms with Crippen LogP contribution in [-0.4, -0.2) is 33.5 Å². The molecule has 1 saturated carbocycles. The molecule has 1 fully saturated rings. The smallest absolute Gasteiger partial charge is 0.183 e. The third-order valence-corrected chi connectivity index (χ3v) is 3.89. The van der Waals surface area contributed by atoms with Crippen LogP contribution in [0.25, 0.3) is 0 Å². The van der Waals surface area contributed by atoms with E-state index in [1.165, 1.54) is 25.7 Å². The second-order valence-electron chi connectivity index (χ2n) is 3.68. The second-order valence-corrected chi connectivity index (χ2v) is 4.97. The van der Waals surface area contributed by atoms with Crippen molar-refractivity contribution in [3.05, 3.63) is 6.33 Å². The second kappa shape index (κ2) is 4.79. The van der Waals surface area contributed by atoms with Crippen molar-refractivity contribution in [3.63, 3.8) is 0 Å². The first-order chi connectivity index (χ1) is 6.88. The molecule has 2 N–H and O–H groups in total. The lowest BCUT2D eigenvalue weighted by Gasteiger charge is -2.27. The molecule has 0 aromatic carbocycles. The summed E-state index contributed by atoms with van der Waals surface area (Å²) < 4.78 is 0. The van der Waals surface area contributed by atoms with Crippen molar-refractivity contribution in [3.8, 4) is 0 Å². The molecular weight excluding hydrogens is 196 g/mol. The SMILES string of the molecule is CNC1CCCC(Sc2ncn[nH]2)C1. The highest BCUT2D eigenvalue weighted by molar-refractivity contribution is 7.99. The third kappa shape index (κ3) is 2.48. The lowest BCUT2D eigenvalue weighted by atomic mass is 9.95. The maximum atomic E-state index is 4.14. The van der Waals surface area contributed by atoms with Crippen LogP contribution < -0.4 is 5.32 Å². The number of nitrogens with zero attached hydrogens (tertiary/aromatic N) is 2. The average Bonchev–Trinajstić information content (AvgIpc) is 2.71. The summed E-state index contributed by atoms with van der Waals surface area (Å²) in [4.78, 5) is 4.14. The molecule has 5 heteroatoms. The molecule has 2 rings (SSSR count). The quantitative estimate of drug-likeness (QED) is 0.796. The van der Waals surface area contributed by atoms with Crippen LogP contribution in [0.4, 0.5) is 0 Å². The predicted octanol–water partition coefficient (Wildman–Crippen LogP) is 1.43. The summed E-state index contributed by atoms with van der Waals surface area (Å²) in [6.07, 6.45) is 6.73. The standard InChI is InChI=1S/C9H16N4S/c1-10-7-3-2-4-8(5-7)14-9-11-6-12-13-9/h6-8,10H,2-5H2,1H3,(H,11,12,13). The molecule has 1 aliphatic carbocycles. The fourth-order valence-corrected chi connectivity index (χ4v) is 3.07. The van der Waals surface area contributed by atoms with Gasteiger partial charge in [-0.3, -0.25) is 5.10 Å². The number of aromatic amines is 1. The summed E-state index contributed by atoms with van der Waals surface area (Å²) in [5.74, 6) is 0. The van der Waals surface area contributed by atoms with Crippen LogP contribution in [0.3, 0.4) is 0 Å². The third-order valence-electron chi connectivity index (χ3n) is 2.71. The highest BCUT2D eigenvalue weighted by Gasteiger charge is 2.22. The van der Waals surface area contributed by atoms with Crippen LogP contribution in [0.15, 0.2) is 11.5 Å². The van der Waals surface area contributed by atoms with Crippen LogP contribution in [0, 0.1) is 0 Å². The topological polar surface area (TPSA) is 53.6 Å². The molecule has 0 saturated heterocycles. The molecule has 0 aliphatic heterocycles. The summed E-state index contributed by atoms with van der Waals surface area (Å²) >= 11 is 1.82. The van der Waals surface area contributed by atoms with E-state index < -0.39 is 0 Å². The van der Waals surface area contributed by atoms with E-state index in [-0.39, 0.29) is 0 Å². The van der Waals surface area contributed by atoms with E-state index in [0.29, 0.717) is 11.3 Å². The lowest BCUT2D eigenvalue weighted by molar-refractivity contribution is 0.402. The minimum Gasteiger partial charge on any atom is -0.317 e. The number of hydrogen-bond donors (Lipinski definition) is 2. The molecule has 0 spiro atoms. The number of aromatic nitrogens is 3. The Kier molecular flexibility index (Phi) is 3.42. The molecule has 1 aliphatic rings. The molecule has 2 unspecified atom stereocenters. The van der Waals surface area contributed by atoms with E-state index in [4.69, 9.17) is 0 Å². The molecule has 1 aromatic rings. The highest BCUT2D eigenvalue weighted by atomic mass is 32.2. The van der Waals surface area contributed by atoms with E-state index in [9.17, 15) is 0 Å². The number of thioether (sulfide) groups is 1. The number of H-pyrrole nitrogens is 1. The Balaban J connectivity index is 1.86. The number of nitrogens with one attached hydrogen (secondary N) is 2. The summed E-state index contributed by atoms with van der Waals surface area (Å²) in [5.41, 5.74) is 0. The van der Waals surface area contributed by atoms with Gasteiger partial charge >= 0.3 is 0 Å². The van der Waals surface area contributed by atoms with Gasteiger partial charge in [-0.1, -0.05) is 18.2 Å². The number of rotatable bonds is 3. The molecule has 1 aromatic heterocycles. The molecule has 0 radical (unpaired) electrons. The zero-order valence-electron chi connectivity index (χ0n) is 8.36. The Bertz CT molecular complexity index is 262. The molecule has 0 bridgehead atoms. The van der Waals surface area contributed by atoms with Gasteiger partial charge in [-0.25, -0.2) is 4.98 Å². The monoisotopic (exact) mass is 212 g/mol. The Morgan fingerprint density at radius 3 is 3.21 bits per heavy atom. The van der Waals surface area contributed by atoms with Gasteiger partial charge < -0.3 is 5.32 Å². The van der Waals surface area contributed by atoms with E-state index in [1.807, 2.05) is 18.8 Å². The van der Waals surface area contributed by atoms with Gasteiger partial charge in [0.25, 0.3) is 0 Å². The van der Waals surface area contributed by atoms with Gasteiger partial charge in [-0.05, 0) is 26.3 Å². The Hall–Kier alpha value is -0.550. The zero-order chi connectivity index (χ0) is 9.80. The largest absolute Gasteiger partial charge is 0.317 e. The first-order valence-electron chi connectivity index (χ1n) is 5.08. The first-order valence-corrected chi connectivity index (χ1v) is 5.95. The zero-order valence-corrected chi connectivity index (χ0v) is 9.18. The van der Waals surface area contributed by atoms with Gasteiger partial charge in [0.05, 0.1) is 0 Å². The van der Waals surface area contributed by atoms with E-state index in [1.54, 1.807) is 6.33 Å². The van der Waals surface area contributed by atoms with Crippen molar-refractivity contribution in [1.82, 2.24) is 20.5 Å². The van der Waals surface area contributed by atoms with Gasteiger partial charge in [0.1, 0.15) is 6.33 Å². The molecule has 14 heavy (non-hydrogen) atoms. The van der Waals surface area contributed by atoms with Crippen molar-refractivity contribution < 1.29 is 0 Å². The van der Waals surface area contributed by atoms with Crippen molar-refractivity contribution in [2.45, 2.75) is 42.1 Å².